The summed E-state index contributed by atoms with van der Waals surface area (Å²) in [5.74, 6) is 0.712. The van der Waals surface area contributed by atoms with Gasteiger partial charge in [-0.25, -0.2) is 0 Å². The lowest BCUT2D eigenvalue weighted by Crippen LogP contribution is -2.39. The Bertz CT molecular complexity index is 1010. The number of ether oxygens (including phenoxy) is 3. The molecule has 1 aliphatic heterocycles. The maximum Gasteiger partial charge on any atom is 0.224 e. The second-order valence-electron chi connectivity index (χ2n) is 6.80. The number of hydrogen-bond acceptors (Lipinski definition) is 5. The van der Waals surface area contributed by atoms with Crippen molar-refractivity contribution in [3.63, 3.8) is 0 Å². The maximum atomic E-state index is 11.6. The van der Waals surface area contributed by atoms with Gasteiger partial charge >= 0.3 is 0 Å². The molecular formula is C22H26N2O5. The van der Waals surface area contributed by atoms with Gasteiger partial charge in [-0.1, -0.05) is 19.7 Å². The highest BCUT2D eigenvalue weighted by Crippen LogP contribution is 2.24. The van der Waals surface area contributed by atoms with Crippen LogP contribution in [0, 0.1) is 0 Å². The average Bonchev–Trinajstić information content (AvgIpc) is 2.94. The van der Waals surface area contributed by atoms with Crippen molar-refractivity contribution in [1.82, 2.24) is 9.88 Å². The summed E-state index contributed by atoms with van der Waals surface area (Å²) in [5.41, 5.74) is 0.669. The molecule has 1 fully saturated rings. The highest BCUT2D eigenvalue weighted by atomic mass is 16.5. The van der Waals surface area contributed by atoms with Crippen molar-refractivity contribution < 1.29 is 23.8 Å². The first-order valence-corrected chi connectivity index (χ1v) is 9.55. The van der Waals surface area contributed by atoms with E-state index in [1.807, 2.05) is 22.8 Å². The SMILES string of the molecule is C=C1NC(=O)CCC1n1c(=C)c2ccc(OCCOCCOCC=O)cc2c1=C. The fourth-order valence-electron chi connectivity index (χ4n) is 3.52. The minimum absolute atomic E-state index is 0.00704. The summed E-state index contributed by atoms with van der Waals surface area (Å²) in [6, 6.07) is 5.75. The number of benzene rings is 1. The average molecular weight is 398 g/mol. The highest BCUT2D eigenvalue weighted by Gasteiger charge is 2.24. The van der Waals surface area contributed by atoms with Crippen LogP contribution in [0.25, 0.3) is 23.9 Å². The van der Waals surface area contributed by atoms with Gasteiger partial charge in [0.05, 0.1) is 25.9 Å². The Labute approximate surface area is 169 Å². The molecule has 154 valence electrons. The van der Waals surface area contributed by atoms with E-state index in [2.05, 4.69) is 25.1 Å². The van der Waals surface area contributed by atoms with Crippen molar-refractivity contribution >= 4 is 36.1 Å². The van der Waals surface area contributed by atoms with Crippen molar-refractivity contribution in [3.05, 3.63) is 41.2 Å². The first-order chi connectivity index (χ1) is 14.0. The summed E-state index contributed by atoms with van der Waals surface area (Å²) in [6.45, 7) is 14.1. The lowest BCUT2D eigenvalue weighted by atomic mass is 10.0. The Kier molecular flexibility index (Phi) is 6.85. The molecule has 0 spiro atoms. The van der Waals surface area contributed by atoms with Crippen LogP contribution in [0.3, 0.4) is 0 Å². The third-order valence-electron chi connectivity index (χ3n) is 4.91. The Morgan fingerprint density at radius 3 is 2.55 bits per heavy atom. The predicted octanol–water partition coefficient (Wildman–Crippen LogP) is 1.04. The molecule has 7 nitrogen and oxygen atoms in total. The van der Waals surface area contributed by atoms with Crippen molar-refractivity contribution in [1.29, 1.82) is 0 Å². The van der Waals surface area contributed by atoms with Gasteiger partial charge in [-0.3, -0.25) is 4.79 Å². The number of carbonyl (C=O) groups excluding carboxylic acids is 2. The van der Waals surface area contributed by atoms with Crippen LogP contribution >= 0.6 is 0 Å². The second kappa shape index (κ2) is 9.54. The van der Waals surface area contributed by atoms with Crippen LogP contribution < -0.4 is 20.8 Å². The molecule has 1 amide bonds. The van der Waals surface area contributed by atoms with Gasteiger partial charge in [-0.15, -0.1) is 0 Å². The quantitative estimate of drug-likeness (QED) is 0.478. The summed E-state index contributed by atoms with van der Waals surface area (Å²) in [7, 11) is 0. The first-order valence-electron chi connectivity index (χ1n) is 9.55. The predicted molar refractivity (Wildman–Crippen MR) is 111 cm³/mol. The standard InChI is InChI=1S/C22H26N2O5/c1-15-21(6-7-22(26)23-15)24-16(2)19-5-4-18(14-20(19)17(24)3)29-13-12-28-11-10-27-9-8-25/h4-5,8,14,21H,1-3,6-7,9-13H2,(H,23,26). The molecule has 0 saturated carbocycles. The van der Waals surface area contributed by atoms with Crippen LogP contribution in [-0.4, -0.2) is 49.8 Å². The molecule has 0 bridgehead atoms. The van der Waals surface area contributed by atoms with E-state index in [9.17, 15) is 9.59 Å². The minimum Gasteiger partial charge on any atom is -0.491 e. The van der Waals surface area contributed by atoms with Crippen LogP contribution in [0.5, 0.6) is 5.75 Å². The summed E-state index contributed by atoms with van der Waals surface area (Å²) in [4.78, 5) is 21.7. The smallest absolute Gasteiger partial charge is 0.224 e. The summed E-state index contributed by atoms with van der Waals surface area (Å²) in [6.07, 6.45) is 1.83. The van der Waals surface area contributed by atoms with Gasteiger partial charge in [-0.05, 0) is 24.6 Å². The normalized spacial score (nSPS) is 16.8. The van der Waals surface area contributed by atoms with E-state index in [-0.39, 0.29) is 18.6 Å². The zero-order valence-electron chi connectivity index (χ0n) is 16.4. The molecule has 0 aliphatic carbocycles. The monoisotopic (exact) mass is 398 g/mol. The van der Waals surface area contributed by atoms with Crippen molar-refractivity contribution in [2.75, 3.05) is 33.0 Å². The van der Waals surface area contributed by atoms with Crippen LogP contribution in [0.2, 0.25) is 0 Å². The van der Waals surface area contributed by atoms with E-state index in [0.29, 0.717) is 51.3 Å². The molecule has 2 heterocycles. The lowest BCUT2D eigenvalue weighted by molar-refractivity contribution is -0.121. The molecule has 1 unspecified atom stereocenters. The number of nitrogens with zero attached hydrogens (tertiary/aromatic N) is 1. The van der Waals surface area contributed by atoms with E-state index in [1.165, 1.54) is 0 Å². The molecule has 2 aromatic rings. The number of fused-ring (bicyclic) bond motifs is 1. The summed E-state index contributed by atoms with van der Waals surface area (Å²) >= 11 is 0. The van der Waals surface area contributed by atoms with E-state index in [0.717, 1.165) is 27.2 Å². The number of nitrogens with one attached hydrogen (secondary N) is 1. The van der Waals surface area contributed by atoms with Gasteiger partial charge in [0, 0.05) is 33.6 Å². The molecule has 3 rings (SSSR count). The number of amides is 1. The van der Waals surface area contributed by atoms with Crippen LogP contribution in [0.15, 0.2) is 30.5 Å². The molecule has 1 saturated heterocycles. The zero-order chi connectivity index (χ0) is 20.8. The Morgan fingerprint density at radius 1 is 1.07 bits per heavy atom. The van der Waals surface area contributed by atoms with Crippen molar-refractivity contribution in [3.8, 4) is 5.75 Å². The van der Waals surface area contributed by atoms with Crippen LogP contribution in [-0.2, 0) is 19.1 Å². The minimum atomic E-state index is -0.0562. The largest absolute Gasteiger partial charge is 0.491 e. The summed E-state index contributed by atoms with van der Waals surface area (Å²) in [5, 5.41) is 6.44. The molecule has 0 radical (unpaired) electrons. The van der Waals surface area contributed by atoms with Gasteiger partial charge in [0.15, 0.2) is 0 Å². The molecule has 1 atom stereocenters. The molecule has 1 N–H and O–H groups in total. The third-order valence-corrected chi connectivity index (χ3v) is 4.91. The maximum absolute atomic E-state index is 11.6. The van der Waals surface area contributed by atoms with Gasteiger partial charge < -0.3 is 28.9 Å². The Morgan fingerprint density at radius 2 is 1.79 bits per heavy atom. The van der Waals surface area contributed by atoms with Gasteiger partial charge in [0.25, 0.3) is 0 Å². The molecule has 1 aliphatic rings. The molecule has 7 heteroatoms. The van der Waals surface area contributed by atoms with Gasteiger partial charge in [0.2, 0.25) is 5.91 Å². The van der Waals surface area contributed by atoms with E-state index in [1.54, 1.807) is 0 Å². The zero-order valence-corrected chi connectivity index (χ0v) is 16.4. The van der Waals surface area contributed by atoms with E-state index in [4.69, 9.17) is 14.2 Å². The molecule has 29 heavy (non-hydrogen) atoms. The topological polar surface area (TPSA) is 78.8 Å². The van der Waals surface area contributed by atoms with Crippen LogP contribution in [0.4, 0.5) is 0 Å². The number of carbonyl (C=O) groups is 2. The summed E-state index contributed by atoms with van der Waals surface area (Å²) < 4.78 is 18.2. The number of piperidine rings is 1. The Hall–Kier alpha value is -2.90. The van der Waals surface area contributed by atoms with Gasteiger partial charge in [-0.2, -0.15) is 0 Å². The van der Waals surface area contributed by atoms with E-state index < -0.39 is 0 Å². The fourth-order valence-corrected chi connectivity index (χ4v) is 3.52. The van der Waals surface area contributed by atoms with Crippen molar-refractivity contribution in [2.45, 2.75) is 18.9 Å². The second-order valence-corrected chi connectivity index (χ2v) is 6.80. The van der Waals surface area contributed by atoms with Crippen LogP contribution in [0.1, 0.15) is 18.9 Å². The number of rotatable bonds is 10. The number of aromatic nitrogens is 1. The first kappa shape index (κ1) is 20.8. The van der Waals surface area contributed by atoms with Crippen molar-refractivity contribution in [2.24, 2.45) is 0 Å². The molecule has 1 aromatic carbocycles. The number of aldehydes is 1. The highest BCUT2D eigenvalue weighted by molar-refractivity contribution is 5.85. The number of allylic oxidation sites excluding steroid dienone is 1. The number of hydrogen-bond donors (Lipinski definition) is 1. The molecule has 1 aromatic heterocycles. The van der Waals surface area contributed by atoms with Gasteiger partial charge in [0.1, 0.15) is 25.2 Å². The van der Waals surface area contributed by atoms with E-state index >= 15 is 0 Å². The lowest BCUT2D eigenvalue weighted by Gasteiger charge is -2.27. The molecular weight excluding hydrogens is 372 g/mol. The fraction of sp³-hybridized carbons (Fsp3) is 0.364. The Balaban J connectivity index is 1.66. The third kappa shape index (κ3) is 4.75.